The standard InChI is InChI=1S/C25H24N4O6S2/c1-2-35-24(34)29-19-13-15(10-11-18(19)27-23(29)33)17-8-6-7-16(26-17)14-20-22(32)28(25(36)37-20)12-5-3-4-9-21(30)31/h6-8,10-11,13-14H,2-5,9,12H2,1H3,(H,27,33)(H,30,31). The van der Waals surface area contributed by atoms with Gasteiger partial charge < -0.3 is 14.8 Å². The predicted octanol–water partition coefficient (Wildman–Crippen LogP) is 4.24. The molecule has 0 radical (unpaired) electrons. The molecule has 37 heavy (non-hydrogen) atoms. The Kier molecular flexibility index (Phi) is 8.19. The number of carbonyl (C=O) groups excluding carboxylic acids is 2. The highest BCUT2D eigenvalue weighted by atomic mass is 32.2. The van der Waals surface area contributed by atoms with Crippen molar-refractivity contribution in [2.45, 2.75) is 32.6 Å². The molecule has 4 rings (SSSR count). The summed E-state index contributed by atoms with van der Waals surface area (Å²) in [6, 6.07) is 10.5. The molecule has 1 amide bonds. The van der Waals surface area contributed by atoms with Gasteiger partial charge in [-0.25, -0.2) is 14.6 Å². The van der Waals surface area contributed by atoms with Crippen LogP contribution in [0.25, 0.3) is 28.4 Å². The number of ether oxygens (including phenoxy) is 1. The van der Waals surface area contributed by atoms with Gasteiger partial charge in [0.1, 0.15) is 4.32 Å². The van der Waals surface area contributed by atoms with E-state index in [9.17, 15) is 19.2 Å². The molecular weight excluding hydrogens is 516 g/mol. The summed E-state index contributed by atoms with van der Waals surface area (Å²) in [5, 5.41) is 8.74. The maximum absolute atomic E-state index is 12.9. The zero-order valence-electron chi connectivity index (χ0n) is 19.9. The van der Waals surface area contributed by atoms with Crippen molar-refractivity contribution in [1.82, 2.24) is 19.4 Å². The molecule has 1 aliphatic heterocycles. The highest BCUT2D eigenvalue weighted by molar-refractivity contribution is 8.26. The SMILES string of the molecule is CCOC(=O)n1c(=O)[nH]c2ccc(-c3cccc(C=C4SC(=S)N(CCCCCC(=O)O)C4=O)n3)cc21. The van der Waals surface area contributed by atoms with Gasteiger partial charge in [-0.1, -0.05) is 42.5 Å². The number of fused-ring (bicyclic) bond motifs is 1. The van der Waals surface area contributed by atoms with E-state index in [1.165, 1.54) is 16.7 Å². The number of imidazole rings is 1. The first-order chi connectivity index (χ1) is 17.8. The number of carboxylic acids is 1. The lowest BCUT2D eigenvalue weighted by molar-refractivity contribution is -0.137. The topological polar surface area (TPSA) is 135 Å². The van der Waals surface area contributed by atoms with Crippen LogP contribution in [0.3, 0.4) is 0 Å². The highest BCUT2D eigenvalue weighted by Gasteiger charge is 2.31. The zero-order chi connectivity index (χ0) is 26.5. The summed E-state index contributed by atoms with van der Waals surface area (Å²) < 4.78 is 6.40. The summed E-state index contributed by atoms with van der Waals surface area (Å²) in [6.07, 6.45) is 2.94. The number of unbranched alkanes of at least 4 members (excludes halogenated alkanes) is 2. The number of amides is 1. The Bertz CT molecular complexity index is 1480. The number of thiocarbonyl (C=S) groups is 1. The van der Waals surface area contributed by atoms with Gasteiger partial charge in [0.15, 0.2) is 0 Å². The molecule has 0 spiro atoms. The number of rotatable bonds is 9. The van der Waals surface area contributed by atoms with E-state index < -0.39 is 17.8 Å². The lowest BCUT2D eigenvalue weighted by Crippen LogP contribution is -2.29. The summed E-state index contributed by atoms with van der Waals surface area (Å²) in [5.41, 5.74) is 2.09. The van der Waals surface area contributed by atoms with Gasteiger partial charge in [-0.2, -0.15) is 4.57 Å². The molecule has 12 heteroatoms. The summed E-state index contributed by atoms with van der Waals surface area (Å²) in [7, 11) is 0. The monoisotopic (exact) mass is 540 g/mol. The van der Waals surface area contributed by atoms with E-state index in [4.69, 9.17) is 22.1 Å². The van der Waals surface area contributed by atoms with Gasteiger partial charge in [-0.3, -0.25) is 14.5 Å². The first kappa shape index (κ1) is 26.3. The molecule has 0 saturated carbocycles. The maximum Gasteiger partial charge on any atom is 0.422 e. The number of nitrogens with zero attached hydrogens (tertiary/aromatic N) is 3. The fourth-order valence-electron chi connectivity index (χ4n) is 3.87. The van der Waals surface area contributed by atoms with Gasteiger partial charge in [0, 0.05) is 18.5 Å². The number of nitrogens with one attached hydrogen (secondary N) is 1. The number of thioether (sulfide) groups is 1. The molecule has 0 atom stereocenters. The normalized spacial score (nSPS) is 14.6. The van der Waals surface area contributed by atoms with E-state index in [1.807, 2.05) is 0 Å². The Morgan fingerprint density at radius 3 is 2.76 bits per heavy atom. The second kappa shape index (κ2) is 11.5. The minimum Gasteiger partial charge on any atom is -0.481 e. The van der Waals surface area contributed by atoms with Crippen LogP contribution in [-0.4, -0.2) is 60.0 Å². The fraction of sp³-hybridized carbons (Fsp3) is 0.280. The third kappa shape index (κ3) is 5.97. The second-order valence-electron chi connectivity index (χ2n) is 8.18. The van der Waals surface area contributed by atoms with Gasteiger partial charge in [-0.05, 0) is 50.1 Å². The van der Waals surface area contributed by atoms with Crippen molar-refractivity contribution in [3.8, 4) is 11.3 Å². The van der Waals surface area contributed by atoms with Crippen LogP contribution >= 0.6 is 24.0 Å². The number of aromatic amines is 1. The maximum atomic E-state index is 12.9. The van der Waals surface area contributed by atoms with E-state index in [0.717, 1.165) is 4.57 Å². The fourth-order valence-corrected chi connectivity index (χ4v) is 5.17. The van der Waals surface area contributed by atoms with Crippen molar-refractivity contribution in [3.63, 3.8) is 0 Å². The lowest BCUT2D eigenvalue weighted by atomic mass is 10.1. The van der Waals surface area contributed by atoms with Crippen LogP contribution in [-0.2, 0) is 14.3 Å². The van der Waals surface area contributed by atoms with Gasteiger partial charge in [0.05, 0.1) is 33.9 Å². The zero-order valence-corrected chi connectivity index (χ0v) is 21.6. The Morgan fingerprint density at radius 1 is 1.19 bits per heavy atom. The molecule has 1 aliphatic rings. The van der Waals surface area contributed by atoms with Crippen molar-refractivity contribution in [2.75, 3.05) is 13.2 Å². The number of carboxylic acid groups (broad SMARTS) is 1. The predicted molar refractivity (Wildman–Crippen MR) is 144 cm³/mol. The molecule has 0 aliphatic carbocycles. The molecule has 0 bridgehead atoms. The molecule has 3 aromatic rings. The molecule has 192 valence electrons. The van der Waals surface area contributed by atoms with E-state index in [2.05, 4.69) is 9.97 Å². The quantitative estimate of drug-likeness (QED) is 0.232. The van der Waals surface area contributed by atoms with Crippen molar-refractivity contribution in [2.24, 2.45) is 0 Å². The molecule has 1 saturated heterocycles. The summed E-state index contributed by atoms with van der Waals surface area (Å²) in [6.45, 7) is 2.24. The number of pyridine rings is 1. The molecular formula is C25H24N4O6S2. The highest BCUT2D eigenvalue weighted by Crippen LogP contribution is 2.33. The third-order valence-corrected chi connectivity index (χ3v) is 7.00. The molecule has 1 aromatic carbocycles. The molecule has 0 unspecified atom stereocenters. The summed E-state index contributed by atoms with van der Waals surface area (Å²) in [4.78, 5) is 57.4. The number of benzene rings is 1. The first-order valence-corrected chi connectivity index (χ1v) is 12.9. The van der Waals surface area contributed by atoms with Crippen molar-refractivity contribution < 1.29 is 24.2 Å². The second-order valence-corrected chi connectivity index (χ2v) is 9.86. The minimum absolute atomic E-state index is 0.109. The van der Waals surface area contributed by atoms with Gasteiger partial charge >= 0.3 is 17.8 Å². The average Bonchev–Trinajstić information content (AvgIpc) is 3.33. The van der Waals surface area contributed by atoms with Crippen LogP contribution < -0.4 is 5.69 Å². The Hall–Kier alpha value is -3.77. The molecule has 2 N–H and O–H groups in total. The third-order valence-electron chi connectivity index (χ3n) is 5.63. The summed E-state index contributed by atoms with van der Waals surface area (Å²) in [5.74, 6) is -1.03. The van der Waals surface area contributed by atoms with Crippen LogP contribution in [0.1, 0.15) is 38.3 Å². The molecule has 1 fully saturated rings. The molecule has 3 heterocycles. The van der Waals surface area contributed by atoms with Gasteiger partial charge in [0.25, 0.3) is 5.91 Å². The Morgan fingerprint density at radius 2 is 2.00 bits per heavy atom. The summed E-state index contributed by atoms with van der Waals surface area (Å²) >= 11 is 6.58. The Balaban J connectivity index is 1.53. The largest absolute Gasteiger partial charge is 0.481 e. The van der Waals surface area contributed by atoms with Gasteiger partial charge in [-0.15, -0.1) is 0 Å². The number of aliphatic carboxylic acids is 1. The van der Waals surface area contributed by atoms with Crippen LogP contribution in [0.5, 0.6) is 0 Å². The average molecular weight is 541 g/mol. The number of hydrogen-bond acceptors (Lipinski definition) is 8. The van der Waals surface area contributed by atoms with Crippen LogP contribution in [0, 0.1) is 0 Å². The number of carbonyl (C=O) groups is 3. The van der Waals surface area contributed by atoms with Crippen LogP contribution in [0.4, 0.5) is 4.79 Å². The number of hydrogen-bond donors (Lipinski definition) is 2. The van der Waals surface area contributed by atoms with Crippen molar-refractivity contribution >= 4 is 63.4 Å². The van der Waals surface area contributed by atoms with Crippen molar-refractivity contribution in [1.29, 1.82) is 0 Å². The van der Waals surface area contributed by atoms with E-state index in [0.29, 0.717) is 63.0 Å². The van der Waals surface area contributed by atoms with Crippen LogP contribution in [0.15, 0.2) is 46.1 Å². The van der Waals surface area contributed by atoms with Crippen molar-refractivity contribution in [3.05, 3.63) is 57.5 Å². The first-order valence-electron chi connectivity index (χ1n) is 11.6. The smallest absolute Gasteiger partial charge is 0.422 e. The Labute approximate surface area is 221 Å². The lowest BCUT2D eigenvalue weighted by Gasteiger charge is -2.13. The van der Waals surface area contributed by atoms with E-state index in [-0.39, 0.29) is 18.9 Å². The van der Waals surface area contributed by atoms with Crippen LogP contribution in [0.2, 0.25) is 0 Å². The van der Waals surface area contributed by atoms with E-state index in [1.54, 1.807) is 49.4 Å². The minimum atomic E-state index is -0.829. The van der Waals surface area contributed by atoms with Gasteiger partial charge in [0.2, 0.25) is 0 Å². The molecule has 2 aromatic heterocycles. The number of aromatic nitrogens is 3. The molecule has 10 nitrogen and oxygen atoms in total. The van der Waals surface area contributed by atoms with E-state index >= 15 is 0 Å². The number of H-pyrrole nitrogens is 1.